The third kappa shape index (κ3) is 5.94. The minimum absolute atomic E-state index is 0.0861. The van der Waals surface area contributed by atoms with Crippen LogP contribution in [-0.2, 0) is 21.2 Å². The van der Waals surface area contributed by atoms with Crippen LogP contribution in [0.2, 0.25) is 0 Å². The van der Waals surface area contributed by atoms with E-state index in [1.807, 2.05) is 37.3 Å². The molecule has 6 nitrogen and oxygen atoms in total. The zero-order valence-corrected chi connectivity index (χ0v) is 17.0. The first-order valence-electron chi connectivity index (χ1n) is 9.05. The van der Waals surface area contributed by atoms with Crippen LogP contribution in [0.25, 0.3) is 0 Å². The Hall–Kier alpha value is -2.64. The standard InChI is InChI=1S/C21H26N2O4S/c1-4-13-22-21(24)19(15-17-9-7-6-8-10-17)23-28(25,26)18-11-12-20(27-5-2)16(3)14-18/h4,6-12,14,19,23H,1,5,13,15H2,2-3H3,(H,22,24)/t19-/m1/s1. The fourth-order valence-electron chi connectivity index (χ4n) is 2.70. The van der Waals surface area contributed by atoms with E-state index in [4.69, 9.17) is 4.74 Å². The van der Waals surface area contributed by atoms with E-state index in [1.54, 1.807) is 19.1 Å². The van der Waals surface area contributed by atoms with E-state index in [-0.39, 0.29) is 17.9 Å². The Bertz CT molecular complexity index is 911. The predicted molar refractivity (Wildman–Crippen MR) is 110 cm³/mol. The SMILES string of the molecule is C=CCNC(=O)[C@@H](Cc1ccccc1)NS(=O)(=O)c1ccc(OCC)c(C)c1. The highest BCUT2D eigenvalue weighted by molar-refractivity contribution is 7.89. The average molecular weight is 403 g/mol. The highest BCUT2D eigenvalue weighted by Crippen LogP contribution is 2.22. The van der Waals surface area contributed by atoms with Gasteiger partial charge in [-0.2, -0.15) is 4.72 Å². The predicted octanol–water partition coefficient (Wildman–Crippen LogP) is 2.59. The molecule has 1 atom stereocenters. The van der Waals surface area contributed by atoms with Gasteiger partial charge in [0.15, 0.2) is 0 Å². The molecule has 0 aliphatic rings. The summed E-state index contributed by atoms with van der Waals surface area (Å²) < 4.78 is 33.7. The van der Waals surface area contributed by atoms with Crippen molar-refractivity contribution >= 4 is 15.9 Å². The minimum Gasteiger partial charge on any atom is -0.494 e. The topological polar surface area (TPSA) is 84.5 Å². The number of aryl methyl sites for hydroxylation is 1. The van der Waals surface area contributed by atoms with Gasteiger partial charge in [-0.15, -0.1) is 6.58 Å². The Morgan fingerprint density at radius 2 is 1.93 bits per heavy atom. The molecular weight excluding hydrogens is 376 g/mol. The number of carbonyl (C=O) groups excluding carboxylic acids is 1. The van der Waals surface area contributed by atoms with Gasteiger partial charge in [0.2, 0.25) is 15.9 Å². The monoisotopic (exact) mass is 402 g/mol. The molecule has 0 fully saturated rings. The summed E-state index contributed by atoms with van der Waals surface area (Å²) in [4.78, 5) is 12.6. The van der Waals surface area contributed by atoms with Crippen LogP contribution in [0.3, 0.4) is 0 Å². The second kappa shape index (κ2) is 10.1. The molecule has 7 heteroatoms. The highest BCUT2D eigenvalue weighted by Gasteiger charge is 2.26. The molecular formula is C21H26N2O4S. The van der Waals surface area contributed by atoms with Crippen molar-refractivity contribution in [2.24, 2.45) is 0 Å². The number of rotatable bonds is 10. The molecule has 28 heavy (non-hydrogen) atoms. The Kier molecular flexibility index (Phi) is 7.78. The number of amides is 1. The smallest absolute Gasteiger partial charge is 0.241 e. The summed E-state index contributed by atoms with van der Waals surface area (Å²) in [6.45, 7) is 7.96. The fourth-order valence-corrected chi connectivity index (χ4v) is 3.98. The van der Waals surface area contributed by atoms with Crippen molar-refractivity contribution in [1.29, 1.82) is 0 Å². The van der Waals surface area contributed by atoms with E-state index in [9.17, 15) is 13.2 Å². The van der Waals surface area contributed by atoms with E-state index in [2.05, 4.69) is 16.6 Å². The summed E-state index contributed by atoms with van der Waals surface area (Å²) in [6.07, 6.45) is 1.78. The minimum atomic E-state index is -3.90. The van der Waals surface area contributed by atoms with Gasteiger partial charge in [0.25, 0.3) is 0 Å². The van der Waals surface area contributed by atoms with Crippen molar-refractivity contribution < 1.29 is 17.9 Å². The van der Waals surface area contributed by atoms with Crippen LogP contribution in [0, 0.1) is 6.92 Å². The normalized spacial score (nSPS) is 12.2. The second-order valence-electron chi connectivity index (χ2n) is 6.26. The van der Waals surface area contributed by atoms with Gasteiger partial charge in [0.05, 0.1) is 11.5 Å². The average Bonchev–Trinajstić information content (AvgIpc) is 2.68. The Morgan fingerprint density at radius 3 is 2.54 bits per heavy atom. The molecule has 0 radical (unpaired) electrons. The van der Waals surface area contributed by atoms with Gasteiger partial charge in [-0.1, -0.05) is 36.4 Å². The van der Waals surface area contributed by atoms with Gasteiger partial charge in [0.1, 0.15) is 11.8 Å². The molecule has 0 saturated heterocycles. The maximum Gasteiger partial charge on any atom is 0.241 e. The van der Waals surface area contributed by atoms with E-state index < -0.39 is 22.0 Å². The van der Waals surface area contributed by atoms with Crippen LogP contribution in [-0.4, -0.2) is 33.5 Å². The van der Waals surface area contributed by atoms with Crippen LogP contribution >= 0.6 is 0 Å². The van der Waals surface area contributed by atoms with Gasteiger partial charge in [-0.25, -0.2) is 8.42 Å². The van der Waals surface area contributed by atoms with Crippen molar-refractivity contribution in [2.45, 2.75) is 31.2 Å². The van der Waals surface area contributed by atoms with Gasteiger partial charge in [-0.05, 0) is 49.6 Å². The Labute approximate surface area is 166 Å². The third-order valence-electron chi connectivity index (χ3n) is 4.07. The van der Waals surface area contributed by atoms with E-state index in [1.165, 1.54) is 12.1 Å². The molecule has 0 heterocycles. The zero-order chi connectivity index (χ0) is 20.6. The lowest BCUT2D eigenvalue weighted by molar-refractivity contribution is -0.122. The lowest BCUT2D eigenvalue weighted by atomic mass is 10.1. The van der Waals surface area contributed by atoms with Gasteiger partial charge < -0.3 is 10.1 Å². The summed E-state index contributed by atoms with van der Waals surface area (Å²) in [5.41, 5.74) is 1.56. The van der Waals surface area contributed by atoms with E-state index >= 15 is 0 Å². The van der Waals surface area contributed by atoms with Gasteiger partial charge in [0, 0.05) is 6.54 Å². The Balaban J connectivity index is 2.26. The first-order chi connectivity index (χ1) is 13.4. The fraction of sp³-hybridized carbons (Fsp3) is 0.286. The number of hydrogen-bond acceptors (Lipinski definition) is 4. The number of hydrogen-bond donors (Lipinski definition) is 2. The summed E-state index contributed by atoms with van der Waals surface area (Å²) >= 11 is 0. The molecule has 2 aromatic carbocycles. The molecule has 0 bridgehead atoms. The zero-order valence-electron chi connectivity index (χ0n) is 16.1. The number of ether oxygens (including phenoxy) is 1. The van der Waals surface area contributed by atoms with Crippen LogP contribution in [0.1, 0.15) is 18.1 Å². The molecule has 0 aromatic heterocycles. The molecule has 150 valence electrons. The number of nitrogens with one attached hydrogen (secondary N) is 2. The van der Waals surface area contributed by atoms with Crippen LogP contribution in [0.5, 0.6) is 5.75 Å². The van der Waals surface area contributed by atoms with Gasteiger partial charge in [-0.3, -0.25) is 4.79 Å². The van der Waals surface area contributed by atoms with Gasteiger partial charge >= 0.3 is 0 Å². The highest BCUT2D eigenvalue weighted by atomic mass is 32.2. The molecule has 0 aliphatic heterocycles. The summed E-state index contributed by atoms with van der Waals surface area (Å²) in [7, 11) is -3.90. The maximum atomic E-state index is 12.9. The largest absolute Gasteiger partial charge is 0.494 e. The molecule has 2 N–H and O–H groups in total. The van der Waals surface area contributed by atoms with Crippen LogP contribution < -0.4 is 14.8 Å². The summed E-state index contributed by atoms with van der Waals surface area (Å²) in [5.74, 6) is 0.223. The van der Waals surface area contributed by atoms with Crippen LogP contribution in [0.15, 0.2) is 66.1 Å². The Morgan fingerprint density at radius 1 is 1.21 bits per heavy atom. The molecule has 0 aliphatic carbocycles. The molecule has 2 rings (SSSR count). The van der Waals surface area contributed by atoms with Crippen molar-refractivity contribution in [3.05, 3.63) is 72.3 Å². The molecule has 0 saturated carbocycles. The molecule has 2 aromatic rings. The maximum absolute atomic E-state index is 12.9. The van der Waals surface area contributed by atoms with Crippen LogP contribution in [0.4, 0.5) is 0 Å². The first kappa shape index (κ1) is 21.7. The number of benzene rings is 2. The number of sulfonamides is 1. The van der Waals surface area contributed by atoms with E-state index in [0.29, 0.717) is 17.9 Å². The van der Waals surface area contributed by atoms with Crippen molar-refractivity contribution in [1.82, 2.24) is 10.0 Å². The molecule has 0 unspecified atom stereocenters. The molecule has 1 amide bonds. The lowest BCUT2D eigenvalue weighted by Crippen LogP contribution is -2.48. The lowest BCUT2D eigenvalue weighted by Gasteiger charge is -2.19. The summed E-state index contributed by atoms with van der Waals surface area (Å²) in [6, 6.07) is 12.9. The first-order valence-corrected chi connectivity index (χ1v) is 10.5. The van der Waals surface area contributed by atoms with E-state index in [0.717, 1.165) is 5.56 Å². The van der Waals surface area contributed by atoms with Crippen molar-refractivity contribution in [3.8, 4) is 5.75 Å². The summed E-state index contributed by atoms with van der Waals surface area (Å²) in [5, 5.41) is 2.66. The third-order valence-corrected chi connectivity index (χ3v) is 5.54. The quantitative estimate of drug-likeness (QED) is 0.598. The van der Waals surface area contributed by atoms with Crippen molar-refractivity contribution in [3.63, 3.8) is 0 Å². The number of carbonyl (C=O) groups is 1. The second-order valence-corrected chi connectivity index (χ2v) is 7.97. The molecule has 0 spiro atoms. The van der Waals surface area contributed by atoms with Crippen molar-refractivity contribution in [2.75, 3.05) is 13.2 Å².